The van der Waals surface area contributed by atoms with Gasteiger partial charge in [0.1, 0.15) is 0 Å². The average molecular weight is 297 g/mol. The number of ketones is 2. The van der Waals surface area contributed by atoms with Crippen LogP contribution in [0.15, 0.2) is 0 Å². The van der Waals surface area contributed by atoms with Crippen LogP contribution in [0, 0.1) is 11.3 Å². The second-order valence-electron chi connectivity index (χ2n) is 6.92. The highest BCUT2D eigenvalue weighted by Gasteiger charge is 2.39. The third-order valence-electron chi connectivity index (χ3n) is 4.00. The van der Waals surface area contributed by atoms with Crippen LogP contribution in [0.1, 0.15) is 59.3 Å². The molecule has 0 bridgehead atoms. The molecule has 0 aromatic rings. The fourth-order valence-corrected chi connectivity index (χ4v) is 2.75. The Hall–Kier alpha value is -1.23. The summed E-state index contributed by atoms with van der Waals surface area (Å²) in [7, 11) is 0. The SMILES string of the molecule is CC(C)(C)C(=O)C(=O)C1NCC[C@@H]1CCCCCC(=O)O. The van der Waals surface area contributed by atoms with Crippen LogP contribution in [0.5, 0.6) is 0 Å². The van der Waals surface area contributed by atoms with Crippen molar-refractivity contribution in [3.63, 3.8) is 0 Å². The molecule has 1 rings (SSSR count). The molecule has 0 amide bonds. The van der Waals surface area contributed by atoms with Crippen molar-refractivity contribution in [1.29, 1.82) is 0 Å². The zero-order chi connectivity index (χ0) is 16.0. The lowest BCUT2D eigenvalue weighted by Crippen LogP contribution is -2.44. The Balaban J connectivity index is 2.43. The monoisotopic (exact) mass is 297 g/mol. The summed E-state index contributed by atoms with van der Waals surface area (Å²) in [5, 5.41) is 11.7. The molecule has 1 saturated heterocycles. The Bertz CT molecular complexity index is 398. The van der Waals surface area contributed by atoms with Gasteiger partial charge in [0.05, 0.1) is 6.04 Å². The van der Waals surface area contributed by atoms with Crippen LogP contribution in [0.3, 0.4) is 0 Å². The quantitative estimate of drug-likeness (QED) is 0.530. The van der Waals surface area contributed by atoms with Crippen LogP contribution in [0.4, 0.5) is 0 Å². The molecule has 0 spiro atoms. The van der Waals surface area contributed by atoms with Gasteiger partial charge in [0, 0.05) is 11.8 Å². The van der Waals surface area contributed by atoms with Crippen molar-refractivity contribution in [2.45, 2.75) is 65.3 Å². The van der Waals surface area contributed by atoms with E-state index in [1.807, 2.05) is 0 Å². The number of hydrogen-bond acceptors (Lipinski definition) is 4. The molecule has 2 atom stereocenters. The minimum Gasteiger partial charge on any atom is -0.481 e. The third-order valence-corrected chi connectivity index (χ3v) is 4.00. The predicted molar refractivity (Wildman–Crippen MR) is 80.1 cm³/mol. The number of carbonyl (C=O) groups is 3. The highest BCUT2D eigenvalue weighted by atomic mass is 16.4. The molecule has 1 heterocycles. The molecular weight excluding hydrogens is 270 g/mol. The summed E-state index contributed by atoms with van der Waals surface area (Å²) in [4.78, 5) is 34.8. The van der Waals surface area contributed by atoms with Gasteiger partial charge in [0.25, 0.3) is 0 Å². The van der Waals surface area contributed by atoms with Crippen LogP contribution >= 0.6 is 0 Å². The van der Waals surface area contributed by atoms with Crippen LogP contribution in [-0.4, -0.2) is 35.2 Å². The number of nitrogens with one attached hydrogen (secondary N) is 1. The molecule has 21 heavy (non-hydrogen) atoms. The van der Waals surface area contributed by atoms with Crippen LogP contribution in [-0.2, 0) is 14.4 Å². The maximum Gasteiger partial charge on any atom is 0.303 e. The van der Waals surface area contributed by atoms with Gasteiger partial charge in [-0.25, -0.2) is 0 Å². The molecule has 5 nitrogen and oxygen atoms in total. The predicted octanol–water partition coefficient (Wildman–Crippen LogP) is 2.18. The maximum absolute atomic E-state index is 12.3. The molecule has 0 aromatic heterocycles. The van der Waals surface area contributed by atoms with E-state index in [0.717, 1.165) is 32.2 Å². The van der Waals surface area contributed by atoms with Gasteiger partial charge < -0.3 is 10.4 Å². The Morgan fingerprint density at radius 2 is 1.81 bits per heavy atom. The lowest BCUT2D eigenvalue weighted by atomic mass is 9.82. The first-order valence-electron chi connectivity index (χ1n) is 7.77. The van der Waals surface area contributed by atoms with E-state index in [1.54, 1.807) is 20.8 Å². The number of carboxylic acids is 1. The van der Waals surface area contributed by atoms with Crippen LogP contribution in [0.25, 0.3) is 0 Å². The number of unbranched alkanes of at least 4 members (excludes halogenated alkanes) is 2. The average Bonchev–Trinajstić information content (AvgIpc) is 2.83. The van der Waals surface area contributed by atoms with Gasteiger partial charge >= 0.3 is 5.97 Å². The molecule has 0 radical (unpaired) electrons. The van der Waals surface area contributed by atoms with Crippen LogP contribution < -0.4 is 5.32 Å². The van der Waals surface area contributed by atoms with Crippen molar-refractivity contribution in [2.75, 3.05) is 6.54 Å². The number of carboxylic acid groups (broad SMARTS) is 1. The van der Waals surface area contributed by atoms with Crippen molar-refractivity contribution >= 4 is 17.5 Å². The standard InChI is InChI=1S/C16H27NO4/c1-16(2,3)15(21)14(20)13-11(9-10-17-13)7-5-4-6-8-12(18)19/h11,13,17H,4-10H2,1-3H3,(H,18,19)/t11-,13?/m0/s1. The van der Waals surface area contributed by atoms with E-state index in [2.05, 4.69) is 5.32 Å². The molecule has 0 aliphatic carbocycles. The van der Waals surface area contributed by atoms with E-state index in [4.69, 9.17) is 5.11 Å². The van der Waals surface area contributed by atoms with E-state index in [-0.39, 0.29) is 29.9 Å². The minimum atomic E-state index is -0.763. The molecule has 1 unspecified atom stereocenters. The van der Waals surface area contributed by atoms with Crippen molar-refractivity contribution in [3.8, 4) is 0 Å². The van der Waals surface area contributed by atoms with Gasteiger partial charge in [-0.1, -0.05) is 33.6 Å². The first-order valence-corrected chi connectivity index (χ1v) is 7.77. The van der Waals surface area contributed by atoms with E-state index in [1.165, 1.54) is 0 Å². The summed E-state index contributed by atoms with van der Waals surface area (Å²) < 4.78 is 0. The zero-order valence-electron chi connectivity index (χ0n) is 13.3. The molecule has 120 valence electrons. The van der Waals surface area contributed by atoms with Gasteiger partial charge in [-0.2, -0.15) is 0 Å². The van der Waals surface area contributed by atoms with Gasteiger partial charge in [-0.3, -0.25) is 14.4 Å². The fourth-order valence-electron chi connectivity index (χ4n) is 2.75. The highest BCUT2D eigenvalue weighted by Crippen LogP contribution is 2.26. The van der Waals surface area contributed by atoms with Crippen LogP contribution in [0.2, 0.25) is 0 Å². The smallest absolute Gasteiger partial charge is 0.303 e. The molecule has 0 aromatic carbocycles. The van der Waals surface area contributed by atoms with E-state index in [9.17, 15) is 14.4 Å². The summed E-state index contributed by atoms with van der Waals surface area (Å²) in [6.07, 6.45) is 4.43. The number of aliphatic carboxylic acids is 1. The van der Waals surface area contributed by atoms with Gasteiger partial charge in [-0.05, 0) is 31.7 Å². The van der Waals surface area contributed by atoms with Crippen molar-refractivity contribution in [1.82, 2.24) is 5.32 Å². The van der Waals surface area contributed by atoms with E-state index >= 15 is 0 Å². The second kappa shape index (κ2) is 7.69. The summed E-state index contributed by atoms with van der Waals surface area (Å²) in [6, 6.07) is -0.351. The van der Waals surface area contributed by atoms with Gasteiger partial charge in [0.15, 0.2) is 0 Å². The van der Waals surface area contributed by atoms with Gasteiger partial charge in [0.2, 0.25) is 11.6 Å². The lowest BCUT2D eigenvalue weighted by Gasteiger charge is -2.22. The van der Waals surface area contributed by atoms with E-state index in [0.29, 0.717) is 6.42 Å². The van der Waals surface area contributed by atoms with Crippen molar-refractivity contribution in [3.05, 3.63) is 0 Å². The summed E-state index contributed by atoms with van der Waals surface area (Å²) in [5.41, 5.74) is -0.632. The summed E-state index contributed by atoms with van der Waals surface area (Å²) in [6.45, 7) is 6.07. The van der Waals surface area contributed by atoms with E-state index < -0.39 is 11.4 Å². The molecule has 1 aliphatic rings. The first-order chi connectivity index (χ1) is 9.73. The van der Waals surface area contributed by atoms with Gasteiger partial charge in [-0.15, -0.1) is 0 Å². The molecular formula is C16H27NO4. The Morgan fingerprint density at radius 1 is 1.14 bits per heavy atom. The minimum absolute atomic E-state index is 0.202. The Morgan fingerprint density at radius 3 is 2.38 bits per heavy atom. The summed E-state index contributed by atoms with van der Waals surface area (Å²) >= 11 is 0. The number of carbonyl (C=O) groups excluding carboxylic acids is 2. The number of rotatable bonds is 8. The first kappa shape index (κ1) is 17.8. The second-order valence-corrected chi connectivity index (χ2v) is 6.92. The van der Waals surface area contributed by atoms with Crippen molar-refractivity contribution < 1.29 is 19.5 Å². The lowest BCUT2D eigenvalue weighted by molar-refractivity contribution is -0.142. The zero-order valence-corrected chi connectivity index (χ0v) is 13.3. The largest absolute Gasteiger partial charge is 0.481 e. The molecule has 5 heteroatoms. The molecule has 2 N–H and O–H groups in total. The summed E-state index contributed by atoms with van der Waals surface area (Å²) in [5.74, 6) is -1.16. The maximum atomic E-state index is 12.3. The molecule has 1 aliphatic heterocycles. The number of hydrogen-bond donors (Lipinski definition) is 2. The molecule has 1 fully saturated rings. The highest BCUT2D eigenvalue weighted by molar-refractivity contribution is 6.40. The Kier molecular flexibility index (Phi) is 6.52. The normalized spacial score (nSPS) is 22.2. The number of Topliss-reactive ketones (excluding diaryl/α,β-unsaturated/α-hetero) is 2. The fraction of sp³-hybridized carbons (Fsp3) is 0.812. The third kappa shape index (κ3) is 5.58. The van der Waals surface area contributed by atoms with Crippen molar-refractivity contribution in [2.24, 2.45) is 11.3 Å². The Labute approximate surface area is 126 Å². The molecule has 0 saturated carbocycles. The topological polar surface area (TPSA) is 83.5 Å².